The molecule has 0 fully saturated rings. The summed E-state index contributed by atoms with van der Waals surface area (Å²) in [7, 11) is 1.92. The van der Waals surface area contributed by atoms with Crippen molar-refractivity contribution in [2.24, 2.45) is 7.05 Å². The molecular weight excluding hydrogens is 288 g/mol. The number of hydrogen-bond donors (Lipinski definition) is 1. The molecule has 7 nitrogen and oxygen atoms in total. The van der Waals surface area contributed by atoms with E-state index in [-0.39, 0.29) is 11.6 Å². The molecule has 0 saturated heterocycles. The fourth-order valence-corrected chi connectivity index (χ4v) is 2.82. The van der Waals surface area contributed by atoms with Gasteiger partial charge in [-0.15, -0.1) is 0 Å². The number of carbonyl (C=O) groups excluding carboxylic acids is 1. The highest BCUT2D eigenvalue weighted by molar-refractivity contribution is 7.19. The van der Waals surface area contributed by atoms with Crippen LogP contribution in [0, 0.1) is 6.92 Å². The zero-order chi connectivity index (χ0) is 14.8. The highest BCUT2D eigenvalue weighted by Gasteiger charge is 2.16. The molecule has 0 saturated carbocycles. The molecule has 0 aliphatic rings. The molecule has 21 heavy (non-hydrogen) atoms. The van der Waals surface area contributed by atoms with E-state index in [4.69, 9.17) is 0 Å². The summed E-state index contributed by atoms with van der Waals surface area (Å²) in [5.74, 6) is 0.494. The van der Waals surface area contributed by atoms with Crippen LogP contribution in [-0.4, -0.2) is 30.4 Å². The molecule has 1 N–H and O–H groups in total. The summed E-state index contributed by atoms with van der Waals surface area (Å²) >= 11 is 1.38. The third-order valence-electron chi connectivity index (χ3n) is 2.84. The number of aryl methyl sites for hydroxylation is 2. The van der Waals surface area contributed by atoms with Crippen molar-refractivity contribution in [2.75, 3.05) is 5.32 Å². The second kappa shape index (κ2) is 5.41. The largest absolute Gasteiger partial charge is 0.333 e. The highest BCUT2D eigenvalue weighted by atomic mass is 32.1. The Hall–Kier alpha value is -2.61. The van der Waals surface area contributed by atoms with Gasteiger partial charge in [0, 0.05) is 31.8 Å². The lowest BCUT2D eigenvalue weighted by Gasteiger charge is -1.99. The number of anilines is 1. The van der Waals surface area contributed by atoms with Gasteiger partial charge in [-0.2, -0.15) is 0 Å². The summed E-state index contributed by atoms with van der Waals surface area (Å²) < 4.78 is 1.91. The lowest BCUT2D eigenvalue weighted by molar-refractivity contribution is 0.102. The first-order chi connectivity index (χ1) is 10.1. The maximum atomic E-state index is 12.0. The Labute approximate surface area is 124 Å². The zero-order valence-corrected chi connectivity index (χ0v) is 12.3. The number of amides is 1. The molecule has 3 aromatic heterocycles. The number of carbonyl (C=O) groups is 1. The molecular formula is C13H12N6OS. The fraction of sp³-hybridized carbons (Fsp3) is 0.154. The van der Waals surface area contributed by atoms with E-state index >= 15 is 0 Å². The van der Waals surface area contributed by atoms with Crippen molar-refractivity contribution >= 4 is 22.4 Å². The average Bonchev–Trinajstić information content (AvgIpc) is 3.05. The Bertz CT molecular complexity index is 779. The third kappa shape index (κ3) is 2.65. The molecule has 0 aromatic carbocycles. The second-order valence-corrected chi connectivity index (χ2v) is 5.34. The van der Waals surface area contributed by atoms with E-state index in [1.54, 1.807) is 6.20 Å². The first kappa shape index (κ1) is 13.4. The van der Waals surface area contributed by atoms with Crippen LogP contribution >= 0.6 is 11.3 Å². The van der Waals surface area contributed by atoms with Crippen LogP contribution in [0.1, 0.15) is 16.2 Å². The highest BCUT2D eigenvalue weighted by Crippen LogP contribution is 2.31. The van der Waals surface area contributed by atoms with Crippen LogP contribution in [0.15, 0.2) is 31.0 Å². The van der Waals surface area contributed by atoms with Crippen LogP contribution in [0.2, 0.25) is 0 Å². The van der Waals surface area contributed by atoms with Crippen molar-refractivity contribution in [1.29, 1.82) is 0 Å². The molecule has 1 amide bonds. The summed E-state index contributed by atoms with van der Waals surface area (Å²) in [6.07, 6.45) is 8.00. The Balaban J connectivity index is 1.85. The van der Waals surface area contributed by atoms with E-state index < -0.39 is 0 Å². The van der Waals surface area contributed by atoms with E-state index in [9.17, 15) is 4.79 Å². The van der Waals surface area contributed by atoms with Crippen molar-refractivity contribution in [3.63, 3.8) is 0 Å². The van der Waals surface area contributed by atoms with Gasteiger partial charge < -0.3 is 4.57 Å². The number of nitrogens with zero attached hydrogens (tertiary/aromatic N) is 5. The number of thiazole rings is 1. The minimum absolute atomic E-state index is 0.254. The van der Waals surface area contributed by atoms with Gasteiger partial charge in [-0.05, 0) is 6.92 Å². The van der Waals surface area contributed by atoms with Crippen molar-refractivity contribution in [3.05, 3.63) is 42.4 Å². The average molecular weight is 300 g/mol. The van der Waals surface area contributed by atoms with Crippen LogP contribution in [0.25, 0.3) is 10.7 Å². The number of nitrogens with one attached hydrogen (secondary N) is 1. The van der Waals surface area contributed by atoms with Crippen molar-refractivity contribution in [1.82, 2.24) is 24.5 Å². The zero-order valence-electron chi connectivity index (χ0n) is 11.4. The maximum Gasteiger partial charge on any atom is 0.277 e. The normalized spacial score (nSPS) is 10.6. The quantitative estimate of drug-likeness (QED) is 0.798. The maximum absolute atomic E-state index is 12.0. The van der Waals surface area contributed by atoms with E-state index in [0.29, 0.717) is 5.13 Å². The standard InChI is InChI=1S/C13H12N6OS/c1-8-10(11-16-5-6-19(11)2)21-13(17-8)18-12(20)9-7-14-3-4-15-9/h3-7H,1-2H3,(H,17,18,20). The predicted octanol–water partition coefficient (Wildman–Crippen LogP) is 1.89. The Morgan fingerprint density at radius 1 is 1.29 bits per heavy atom. The van der Waals surface area contributed by atoms with Crippen LogP contribution in [0.4, 0.5) is 5.13 Å². The molecule has 3 aromatic rings. The van der Waals surface area contributed by atoms with Crippen molar-refractivity contribution in [2.45, 2.75) is 6.92 Å². The number of aromatic nitrogens is 5. The monoisotopic (exact) mass is 300 g/mol. The van der Waals surface area contributed by atoms with Gasteiger partial charge in [0.05, 0.1) is 16.8 Å². The fourth-order valence-electron chi connectivity index (χ4n) is 1.82. The molecule has 106 valence electrons. The van der Waals surface area contributed by atoms with Crippen LogP contribution in [0.3, 0.4) is 0 Å². The molecule has 3 heterocycles. The van der Waals surface area contributed by atoms with Gasteiger partial charge in [-0.3, -0.25) is 15.1 Å². The summed E-state index contributed by atoms with van der Waals surface area (Å²) in [6, 6.07) is 0. The number of hydrogen-bond acceptors (Lipinski definition) is 6. The summed E-state index contributed by atoms with van der Waals surface area (Å²) in [4.78, 5) is 29.4. The number of rotatable bonds is 3. The van der Waals surface area contributed by atoms with E-state index in [0.717, 1.165) is 16.4 Å². The van der Waals surface area contributed by atoms with E-state index in [1.807, 2.05) is 24.7 Å². The first-order valence-corrected chi connectivity index (χ1v) is 6.99. The first-order valence-electron chi connectivity index (χ1n) is 6.17. The van der Waals surface area contributed by atoms with Crippen molar-refractivity contribution in [3.8, 4) is 10.7 Å². The van der Waals surface area contributed by atoms with Crippen LogP contribution in [0.5, 0.6) is 0 Å². The SMILES string of the molecule is Cc1nc(NC(=O)c2cnccn2)sc1-c1nccn1C. The van der Waals surface area contributed by atoms with E-state index in [2.05, 4.69) is 25.3 Å². The van der Waals surface area contributed by atoms with E-state index in [1.165, 1.54) is 29.9 Å². The minimum atomic E-state index is -0.330. The lowest BCUT2D eigenvalue weighted by atomic mass is 10.4. The summed E-state index contributed by atoms with van der Waals surface area (Å²) in [5.41, 5.74) is 1.08. The molecule has 0 bridgehead atoms. The van der Waals surface area contributed by atoms with Crippen LogP contribution < -0.4 is 5.32 Å². The van der Waals surface area contributed by atoms with Gasteiger partial charge in [0.1, 0.15) is 5.69 Å². The lowest BCUT2D eigenvalue weighted by Crippen LogP contribution is -2.13. The minimum Gasteiger partial charge on any atom is -0.333 e. The predicted molar refractivity (Wildman–Crippen MR) is 79.0 cm³/mol. The topological polar surface area (TPSA) is 85.6 Å². The Morgan fingerprint density at radius 2 is 2.14 bits per heavy atom. The van der Waals surface area contributed by atoms with Gasteiger partial charge in [0.2, 0.25) is 0 Å². The molecule has 3 rings (SSSR count). The van der Waals surface area contributed by atoms with Gasteiger partial charge in [-0.25, -0.2) is 15.0 Å². The Kier molecular flexibility index (Phi) is 3.44. The Morgan fingerprint density at radius 3 is 2.81 bits per heavy atom. The summed E-state index contributed by atoms with van der Waals surface area (Å²) in [6.45, 7) is 1.89. The molecule has 0 atom stereocenters. The van der Waals surface area contributed by atoms with Gasteiger partial charge in [0.25, 0.3) is 5.91 Å². The van der Waals surface area contributed by atoms with Gasteiger partial charge >= 0.3 is 0 Å². The summed E-state index contributed by atoms with van der Waals surface area (Å²) in [5, 5.41) is 3.24. The van der Waals surface area contributed by atoms with Gasteiger partial charge in [-0.1, -0.05) is 11.3 Å². The number of imidazole rings is 1. The van der Waals surface area contributed by atoms with Gasteiger partial charge in [0.15, 0.2) is 11.0 Å². The molecule has 0 unspecified atom stereocenters. The second-order valence-electron chi connectivity index (χ2n) is 4.34. The smallest absolute Gasteiger partial charge is 0.277 e. The van der Waals surface area contributed by atoms with Crippen molar-refractivity contribution < 1.29 is 4.79 Å². The molecule has 0 radical (unpaired) electrons. The molecule has 8 heteroatoms. The molecule has 0 aliphatic carbocycles. The van der Waals surface area contributed by atoms with Crippen LogP contribution in [-0.2, 0) is 7.05 Å². The molecule has 0 aliphatic heterocycles. The third-order valence-corrected chi connectivity index (χ3v) is 3.91. The molecule has 0 spiro atoms.